The van der Waals surface area contributed by atoms with E-state index in [1.807, 2.05) is 11.8 Å². The number of likely N-dealkylation sites (tertiary alicyclic amines) is 1. The average Bonchev–Trinajstić information content (AvgIpc) is 3.09. The first-order valence-corrected chi connectivity index (χ1v) is 10.1. The highest BCUT2D eigenvalue weighted by Crippen LogP contribution is 2.59. The lowest BCUT2D eigenvalue weighted by Crippen LogP contribution is -2.55. The molecule has 0 radical (unpaired) electrons. The van der Waals surface area contributed by atoms with Gasteiger partial charge in [-0.2, -0.15) is 0 Å². The van der Waals surface area contributed by atoms with Gasteiger partial charge in [-0.05, 0) is 57.5 Å². The minimum Gasteiger partial charge on any atom is -0.341 e. The Morgan fingerprint density at radius 2 is 1.52 bits per heavy atom. The molecule has 4 aliphatic rings. The minimum absolute atomic E-state index is 0. The molecule has 0 aromatic carbocycles. The summed E-state index contributed by atoms with van der Waals surface area (Å²) in [5.74, 6) is 0.915. The first-order chi connectivity index (χ1) is 12.1. The number of nitrogens with one attached hydrogen (secondary N) is 1. The lowest BCUT2D eigenvalue weighted by molar-refractivity contribution is -0.139. The Hall–Kier alpha value is -0.560. The van der Waals surface area contributed by atoms with Crippen molar-refractivity contribution >= 4 is 36.6 Å². The summed E-state index contributed by atoms with van der Waals surface area (Å²) in [6.45, 7) is 9.20. The number of piperazine rings is 1. The largest absolute Gasteiger partial charge is 0.341 e. The highest BCUT2D eigenvalue weighted by molar-refractivity contribution is 5.85. The van der Waals surface area contributed by atoms with Gasteiger partial charge in [0.05, 0.1) is 6.04 Å². The third-order valence-corrected chi connectivity index (χ3v) is 7.04. The maximum Gasteiger partial charge on any atom is 0.239 e. The lowest BCUT2D eigenvalue weighted by atomic mass is 9.91. The van der Waals surface area contributed by atoms with Gasteiger partial charge in [-0.3, -0.25) is 14.5 Å². The van der Waals surface area contributed by atoms with Crippen LogP contribution in [0.3, 0.4) is 0 Å². The first kappa shape index (κ1) is 22.7. The Balaban J connectivity index is 0.00000131. The van der Waals surface area contributed by atoms with Gasteiger partial charge < -0.3 is 15.1 Å². The van der Waals surface area contributed by atoms with Gasteiger partial charge >= 0.3 is 0 Å². The Bertz CT molecular complexity index is 528. The van der Waals surface area contributed by atoms with Gasteiger partial charge in [-0.15, -0.1) is 24.8 Å². The van der Waals surface area contributed by atoms with Gasteiger partial charge in [-0.1, -0.05) is 0 Å². The van der Waals surface area contributed by atoms with Gasteiger partial charge in [0.1, 0.15) is 0 Å². The molecule has 2 amide bonds. The van der Waals surface area contributed by atoms with Crippen LogP contribution in [0.15, 0.2) is 0 Å². The summed E-state index contributed by atoms with van der Waals surface area (Å²) in [5.41, 5.74) is 0.318. The van der Waals surface area contributed by atoms with Crippen molar-refractivity contribution in [1.82, 2.24) is 20.0 Å². The molecule has 3 saturated heterocycles. The molecule has 1 saturated carbocycles. The number of piperidine rings is 1. The van der Waals surface area contributed by atoms with Gasteiger partial charge in [-0.25, -0.2) is 0 Å². The van der Waals surface area contributed by atoms with Crippen LogP contribution in [0.1, 0.15) is 39.0 Å². The number of carbonyl (C=O) groups is 2. The van der Waals surface area contributed by atoms with Crippen LogP contribution in [-0.2, 0) is 9.59 Å². The van der Waals surface area contributed by atoms with Crippen LogP contribution in [0.5, 0.6) is 0 Å². The van der Waals surface area contributed by atoms with Crippen LogP contribution < -0.4 is 5.32 Å². The zero-order chi connectivity index (χ0) is 17.4. The van der Waals surface area contributed by atoms with Crippen LogP contribution in [0.25, 0.3) is 0 Å². The molecule has 3 heterocycles. The highest BCUT2D eigenvalue weighted by Gasteiger charge is 2.58. The summed E-state index contributed by atoms with van der Waals surface area (Å²) < 4.78 is 0. The molecule has 2 atom stereocenters. The number of rotatable bonds is 3. The molecule has 4 rings (SSSR count). The van der Waals surface area contributed by atoms with E-state index >= 15 is 0 Å². The molecule has 1 N–H and O–H groups in total. The molecule has 0 aromatic rings. The lowest BCUT2D eigenvalue weighted by Gasteiger charge is -2.39. The van der Waals surface area contributed by atoms with Crippen molar-refractivity contribution in [3.05, 3.63) is 0 Å². The predicted octanol–water partition coefficient (Wildman–Crippen LogP) is 1.37. The van der Waals surface area contributed by atoms with Crippen molar-refractivity contribution in [2.45, 2.75) is 45.1 Å². The number of amides is 2. The summed E-state index contributed by atoms with van der Waals surface area (Å²) in [6.07, 6.45) is 5.69. The van der Waals surface area contributed by atoms with Crippen LogP contribution in [0, 0.1) is 11.3 Å². The van der Waals surface area contributed by atoms with Gasteiger partial charge in [0.2, 0.25) is 11.8 Å². The second kappa shape index (κ2) is 9.29. The van der Waals surface area contributed by atoms with E-state index in [2.05, 4.69) is 15.1 Å². The maximum absolute atomic E-state index is 12.9. The van der Waals surface area contributed by atoms with E-state index in [0.717, 1.165) is 84.5 Å². The quantitative estimate of drug-likeness (QED) is 0.748. The molecule has 1 spiro atoms. The molecule has 156 valence electrons. The van der Waals surface area contributed by atoms with Crippen molar-refractivity contribution < 1.29 is 9.59 Å². The SMILES string of the molecule is CC(C(=O)N1CCCC1)N1CCN(C(=O)C2CC23CCNCC3)CC1.Cl.Cl. The van der Waals surface area contributed by atoms with E-state index in [1.54, 1.807) is 0 Å². The fourth-order valence-electron chi connectivity index (χ4n) is 5.08. The van der Waals surface area contributed by atoms with E-state index in [1.165, 1.54) is 0 Å². The highest BCUT2D eigenvalue weighted by atomic mass is 35.5. The number of hydrogen-bond donors (Lipinski definition) is 1. The maximum atomic E-state index is 12.9. The fourth-order valence-corrected chi connectivity index (χ4v) is 5.08. The third-order valence-electron chi connectivity index (χ3n) is 7.04. The van der Waals surface area contributed by atoms with Gasteiger partial charge in [0.15, 0.2) is 0 Å². The molecule has 4 fully saturated rings. The normalized spacial score (nSPS) is 28.3. The summed E-state index contributed by atoms with van der Waals surface area (Å²) in [5, 5.41) is 3.40. The number of hydrogen-bond acceptors (Lipinski definition) is 4. The Kier molecular flexibility index (Phi) is 7.82. The van der Waals surface area contributed by atoms with E-state index < -0.39 is 0 Å². The second-order valence-electron chi connectivity index (χ2n) is 8.44. The Morgan fingerprint density at radius 3 is 2.11 bits per heavy atom. The Morgan fingerprint density at radius 1 is 0.926 bits per heavy atom. The topological polar surface area (TPSA) is 55.9 Å². The van der Waals surface area contributed by atoms with E-state index in [4.69, 9.17) is 0 Å². The monoisotopic (exact) mass is 420 g/mol. The number of nitrogens with zero attached hydrogens (tertiary/aromatic N) is 3. The van der Waals surface area contributed by atoms with Gasteiger partial charge in [0.25, 0.3) is 0 Å². The molecule has 27 heavy (non-hydrogen) atoms. The molecule has 2 unspecified atom stereocenters. The zero-order valence-electron chi connectivity index (χ0n) is 16.3. The molecule has 0 bridgehead atoms. The van der Waals surface area contributed by atoms with Crippen molar-refractivity contribution in [2.75, 3.05) is 52.4 Å². The molecule has 6 nitrogen and oxygen atoms in total. The molecule has 8 heteroatoms. The predicted molar refractivity (Wildman–Crippen MR) is 111 cm³/mol. The smallest absolute Gasteiger partial charge is 0.239 e. The summed E-state index contributed by atoms with van der Waals surface area (Å²) in [4.78, 5) is 31.8. The van der Waals surface area contributed by atoms with E-state index in [9.17, 15) is 9.59 Å². The van der Waals surface area contributed by atoms with Gasteiger partial charge in [0, 0.05) is 45.2 Å². The average molecular weight is 421 g/mol. The fraction of sp³-hybridized carbons (Fsp3) is 0.895. The first-order valence-electron chi connectivity index (χ1n) is 10.1. The molecule has 3 aliphatic heterocycles. The van der Waals surface area contributed by atoms with E-state index in [0.29, 0.717) is 11.3 Å². The third kappa shape index (κ3) is 4.55. The van der Waals surface area contributed by atoms with E-state index in [-0.39, 0.29) is 42.7 Å². The second-order valence-corrected chi connectivity index (χ2v) is 8.44. The minimum atomic E-state index is -0.0490. The van der Waals surface area contributed by atoms with Crippen molar-refractivity contribution in [3.8, 4) is 0 Å². The van der Waals surface area contributed by atoms with Crippen LogP contribution in [0.2, 0.25) is 0 Å². The summed E-state index contributed by atoms with van der Waals surface area (Å²) >= 11 is 0. The summed E-state index contributed by atoms with van der Waals surface area (Å²) in [6, 6.07) is -0.0490. The Labute approximate surface area is 175 Å². The summed E-state index contributed by atoms with van der Waals surface area (Å²) in [7, 11) is 0. The standard InChI is InChI=1S/C19H32N4O2.2ClH/c1-15(17(24)22-8-2-3-9-22)21-10-12-23(13-11-21)18(25)16-14-19(16)4-6-20-7-5-19;;/h15-16,20H,2-14H2,1H3;2*1H. The molecular weight excluding hydrogens is 387 g/mol. The molecule has 0 aromatic heterocycles. The van der Waals surface area contributed by atoms with Crippen LogP contribution in [0.4, 0.5) is 0 Å². The number of carbonyl (C=O) groups excluding carboxylic acids is 2. The van der Waals surface area contributed by atoms with Crippen molar-refractivity contribution in [3.63, 3.8) is 0 Å². The van der Waals surface area contributed by atoms with Crippen molar-refractivity contribution in [1.29, 1.82) is 0 Å². The number of halogens is 2. The van der Waals surface area contributed by atoms with Crippen LogP contribution in [-0.4, -0.2) is 84.9 Å². The van der Waals surface area contributed by atoms with Crippen molar-refractivity contribution in [2.24, 2.45) is 11.3 Å². The molecular formula is C19H34Cl2N4O2. The van der Waals surface area contributed by atoms with Crippen LogP contribution >= 0.6 is 24.8 Å². The zero-order valence-corrected chi connectivity index (χ0v) is 18.0. The molecule has 1 aliphatic carbocycles.